The quantitative estimate of drug-likeness (QED) is 0.577. The van der Waals surface area contributed by atoms with Crippen LogP contribution in [0.2, 0.25) is 0 Å². The highest BCUT2D eigenvalue weighted by molar-refractivity contribution is 5.74. The molecule has 0 aliphatic heterocycles. The zero-order valence-electron chi connectivity index (χ0n) is 13.2. The van der Waals surface area contributed by atoms with E-state index in [1.165, 1.54) is 0 Å². The average Bonchev–Trinajstić information content (AvgIpc) is 2.39. The Hall–Kier alpha value is -1.26. The molecule has 0 spiro atoms. The number of rotatable bonds is 10. The van der Waals surface area contributed by atoms with E-state index < -0.39 is 5.97 Å². The first-order valence-electron chi connectivity index (χ1n) is 7.67. The number of urea groups is 1. The summed E-state index contributed by atoms with van der Waals surface area (Å²) in [5.74, 6) is -0.535. The first-order valence-corrected chi connectivity index (χ1v) is 7.67. The summed E-state index contributed by atoms with van der Waals surface area (Å²) in [5, 5.41) is 14.6. The van der Waals surface area contributed by atoms with Crippen LogP contribution in [0.15, 0.2) is 0 Å². The summed E-state index contributed by atoms with van der Waals surface area (Å²) in [5.41, 5.74) is 0. The molecule has 0 saturated heterocycles. The molecule has 0 fully saturated rings. The zero-order chi connectivity index (χ0) is 15.5. The van der Waals surface area contributed by atoms with Crippen molar-refractivity contribution < 1.29 is 14.7 Å². The molecule has 0 aromatic heterocycles. The second-order valence-electron chi connectivity index (χ2n) is 5.61. The van der Waals surface area contributed by atoms with Crippen molar-refractivity contribution in [1.82, 2.24) is 10.6 Å². The molecule has 0 aromatic rings. The van der Waals surface area contributed by atoms with Gasteiger partial charge in [0.25, 0.3) is 0 Å². The van der Waals surface area contributed by atoms with E-state index in [1.807, 2.05) is 6.92 Å². The molecule has 0 aliphatic rings. The van der Waals surface area contributed by atoms with Gasteiger partial charge in [0.1, 0.15) is 0 Å². The Balaban J connectivity index is 3.77. The van der Waals surface area contributed by atoms with Crippen LogP contribution in [0.25, 0.3) is 0 Å². The molecule has 0 aromatic carbocycles. The van der Waals surface area contributed by atoms with Crippen LogP contribution in [-0.2, 0) is 4.79 Å². The van der Waals surface area contributed by atoms with Gasteiger partial charge in [-0.1, -0.05) is 40.0 Å². The van der Waals surface area contributed by atoms with Crippen molar-refractivity contribution in [1.29, 1.82) is 0 Å². The van der Waals surface area contributed by atoms with Crippen LogP contribution < -0.4 is 10.6 Å². The Morgan fingerprint density at radius 2 is 1.70 bits per heavy atom. The van der Waals surface area contributed by atoms with Crippen molar-refractivity contribution in [2.75, 3.05) is 6.54 Å². The number of nitrogens with one attached hydrogen (secondary N) is 2. The van der Waals surface area contributed by atoms with Gasteiger partial charge in [-0.3, -0.25) is 4.79 Å². The van der Waals surface area contributed by atoms with E-state index in [9.17, 15) is 9.59 Å². The average molecular weight is 286 g/mol. The third-order valence-corrected chi connectivity index (χ3v) is 3.78. The van der Waals surface area contributed by atoms with E-state index in [1.54, 1.807) is 6.92 Å². The van der Waals surface area contributed by atoms with Crippen LogP contribution in [0.4, 0.5) is 4.79 Å². The highest BCUT2D eigenvalue weighted by Crippen LogP contribution is 2.09. The van der Waals surface area contributed by atoms with E-state index in [4.69, 9.17) is 5.11 Å². The summed E-state index contributed by atoms with van der Waals surface area (Å²) < 4.78 is 0. The highest BCUT2D eigenvalue weighted by Gasteiger charge is 2.12. The van der Waals surface area contributed by atoms with Crippen molar-refractivity contribution >= 4 is 12.0 Å². The van der Waals surface area contributed by atoms with Gasteiger partial charge >= 0.3 is 12.0 Å². The van der Waals surface area contributed by atoms with Crippen molar-refractivity contribution in [2.45, 2.75) is 65.8 Å². The first kappa shape index (κ1) is 18.7. The van der Waals surface area contributed by atoms with E-state index in [-0.39, 0.29) is 18.0 Å². The maximum Gasteiger partial charge on any atom is 0.315 e. The molecule has 0 saturated carbocycles. The highest BCUT2D eigenvalue weighted by atomic mass is 16.4. The van der Waals surface area contributed by atoms with Crippen molar-refractivity contribution in [2.24, 2.45) is 11.8 Å². The number of hydrogen-bond donors (Lipinski definition) is 3. The second kappa shape index (κ2) is 10.5. The molecule has 2 amide bonds. The van der Waals surface area contributed by atoms with Gasteiger partial charge in [0.15, 0.2) is 0 Å². The van der Waals surface area contributed by atoms with Crippen LogP contribution >= 0.6 is 0 Å². The van der Waals surface area contributed by atoms with Gasteiger partial charge < -0.3 is 15.7 Å². The van der Waals surface area contributed by atoms with Gasteiger partial charge in [0.05, 0.1) is 5.92 Å². The van der Waals surface area contributed by atoms with Gasteiger partial charge in [0, 0.05) is 12.6 Å². The maximum absolute atomic E-state index is 11.7. The Kier molecular flexibility index (Phi) is 9.86. The fraction of sp³-hybridized carbons (Fsp3) is 0.867. The molecule has 3 N–H and O–H groups in total. The number of carboxylic acids is 1. The van der Waals surface area contributed by atoms with Crippen molar-refractivity contribution in [3.8, 4) is 0 Å². The largest absolute Gasteiger partial charge is 0.481 e. The summed E-state index contributed by atoms with van der Waals surface area (Å²) >= 11 is 0. The van der Waals surface area contributed by atoms with Crippen LogP contribution in [0.5, 0.6) is 0 Å². The van der Waals surface area contributed by atoms with Crippen LogP contribution in [0.3, 0.4) is 0 Å². The Morgan fingerprint density at radius 1 is 1.10 bits per heavy atom. The zero-order valence-corrected chi connectivity index (χ0v) is 13.2. The third kappa shape index (κ3) is 8.77. The van der Waals surface area contributed by atoms with Crippen LogP contribution in [-0.4, -0.2) is 29.7 Å². The first-order chi connectivity index (χ1) is 9.40. The molecular weight excluding hydrogens is 256 g/mol. The molecular formula is C15H30N2O3. The summed E-state index contributed by atoms with van der Waals surface area (Å²) in [6, 6.07) is -0.0617. The minimum atomic E-state index is -0.756. The molecule has 5 heteroatoms. The van der Waals surface area contributed by atoms with E-state index in [2.05, 4.69) is 24.5 Å². The lowest BCUT2D eigenvalue weighted by molar-refractivity contribution is -0.141. The lowest BCUT2D eigenvalue weighted by Crippen LogP contribution is -2.42. The molecule has 2 atom stereocenters. The number of carboxylic acid groups (broad SMARTS) is 1. The molecule has 0 bridgehead atoms. The summed E-state index contributed by atoms with van der Waals surface area (Å²) in [4.78, 5) is 22.4. The van der Waals surface area contributed by atoms with E-state index >= 15 is 0 Å². The lowest BCUT2D eigenvalue weighted by atomic mass is 10.0. The SMILES string of the molecule is CCC(CC)CNC(=O)NC(C)CCCC(C)C(=O)O. The van der Waals surface area contributed by atoms with Gasteiger partial charge in [-0.15, -0.1) is 0 Å². The normalized spacial score (nSPS) is 13.8. The standard InChI is InChI=1S/C15H30N2O3/c1-5-13(6-2)10-16-15(20)17-12(4)9-7-8-11(3)14(18)19/h11-13H,5-10H2,1-4H3,(H,18,19)(H2,16,17,20). The molecule has 0 rings (SSSR count). The number of aliphatic carboxylic acids is 1. The van der Waals surface area contributed by atoms with Crippen molar-refractivity contribution in [3.63, 3.8) is 0 Å². The molecule has 0 heterocycles. The Morgan fingerprint density at radius 3 is 2.20 bits per heavy atom. The Bertz CT molecular complexity index is 291. The summed E-state index contributed by atoms with van der Waals surface area (Å²) in [6.07, 6.45) is 4.40. The maximum atomic E-state index is 11.7. The number of amides is 2. The third-order valence-electron chi connectivity index (χ3n) is 3.78. The topological polar surface area (TPSA) is 78.4 Å². The van der Waals surface area contributed by atoms with E-state index in [0.717, 1.165) is 25.7 Å². The van der Waals surface area contributed by atoms with Gasteiger partial charge in [-0.2, -0.15) is 0 Å². The molecule has 5 nitrogen and oxygen atoms in total. The van der Waals surface area contributed by atoms with Gasteiger partial charge in [0.2, 0.25) is 0 Å². The van der Waals surface area contributed by atoms with Gasteiger partial charge in [-0.05, 0) is 25.7 Å². The number of carbonyl (C=O) groups is 2. The lowest BCUT2D eigenvalue weighted by Gasteiger charge is -2.17. The van der Waals surface area contributed by atoms with Crippen molar-refractivity contribution in [3.05, 3.63) is 0 Å². The Labute approximate surface area is 122 Å². The molecule has 118 valence electrons. The van der Waals surface area contributed by atoms with Crippen LogP contribution in [0.1, 0.15) is 59.8 Å². The minimum absolute atomic E-state index is 0.0673. The fourth-order valence-electron chi connectivity index (χ4n) is 2.02. The number of carbonyl (C=O) groups excluding carboxylic acids is 1. The predicted molar refractivity (Wildman–Crippen MR) is 80.7 cm³/mol. The molecule has 2 unspecified atom stereocenters. The molecule has 0 radical (unpaired) electrons. The second-order valence-corrected chi connectivity index (χ2v) is 5.61. The van der Waals surface area contributed by atoms with Crippen LogP contribution in [0, 0.1) is 11.8 Å². The predicted octanol–water partition coefficient (Wildman–Crippen LogP) is 3.00. The monoisotopic (exact) mass is 286 g/mol. The number of hydrogen-bond acceptors (Lipinski definition) is 2. The minimum Gasteiger partial charge on any atom is -0.481 e. The smallest absolute Gasteiger partial charge is 0.315 e. The fourth-order valence-corrected chi connectivity index (χ4v) is 2.02. The molecule has 20 heavy (non-hydrogen) atoms. The van der Waals surface area contributed by atoms with E-state index in [0.29, 0.717) is 18.9 Å². The summed E-state index contributed by atoms with van der Waals surface area (Å²) in [7, 11) is 0. The van der Waals surface area contributed by atoms with Gasteiger partial charge in [-0.25, -0.2) is 4.79 Å². The summed E-state index contributed by atoms with van der Waals surface area (Å²) in [6.45, 7) is 8.62. The molecule has 0 aliphatic carbocycles.